The number of esters is 3. The van der Waals surface area contributed by atoms with Gasteiger partial charge in [-0.15, -0.1) is 0 Å². The predicted molar refractivity (Wildman–Crippen MR) is 384 cm³/mol. The number of hydrogen-bond acceptors (Lipinski definition) is 23. The normalized spacial score (nSPS) is 27.1. The molecule has 0 radical (unpaired) electrons. The SMILES string of the molecule is CCCCCCCCCCCCCCCCCCC(=O)OC(COC(=O)CCCCCCCCCCCCCCCCC)COP(=O)(O)OC1C(OC2OC(CO)C(O)C(O)C2O)C(O)C(O)C(O)C1OC1OC(COC(=O)CCCCCCCCCCCCCCCCC)C(O)C(O)C1O. The Balaban J connectivity index is 1.70. The highest BCUT2D eigenvalue weighted by Crippen LogP contribution is 2.49. The van der Waals surface area contributed by atoms with Crippen LogP contribution in [-0.2, 0) is 61.2 Å². The van der Waals surface area contributed by atoms with Crippen molar-refractivity contribution in [2.45, 2.75) is 440 Å². The number of rotatable bonds is 64. The Hall–Kier alpha value is -2.04. The summed E-state index contributed by atoms with van der Waals surface area (Å²) < 4.78 is 65.2. The van der Waals surface area contributed by atoms with E-state index < -0.39 is 156 Å². The van der Waals surface area contributed by atoms with Gasteiger partial charge in [-0.1, -0.05) is 297 Å². The van der Waals surface area contributed by atoms with Gasteiger partial charge in [-0.05, 0) is 19.3 Å². The molecule has 25 heteroatoms. The van der Waals surface area contributed by atoms with Crippen molar-refractivity contribution in [2.75, 3.05) is 26.4 Å². The molecule has 2 aliphatic heterocycles. The summed E-state index contributed by atoms with van der Waals surface area (Å²) >= 11 is 0. The Morgan fingerprint density at radius 1 is 0.347 bits per heavy atom. The second-order valence-electron chi connectivity index (χ2n) is 29.2. The van der Waals surface area contributed by atoms with Crippen LogP contribution in [0.3, 0.4) is 0 Å². The summed E-state index contributed by atoms with van der Waals surface area (Å²) in [7, 11) is -5.69. The third-order valence-corrected chi connectivity index (χ3v) is 21.1. The lowest BCUT2D eigenvalue weighted by atomic mass is 9.84. The molecule has 0 amide bonds. The molecular weight excluding hydrogens is 1330 g/mol. The fourth-order valence-electron chi connectivity index (χ4n) is 13.6. The molecule has 3 aliphatic rings. The number of phosphoric acid groups is 1. The molecule has 3 fully saturated rings. The van der Waals surface area contributed by atoms with E-state index in [1.165, 1.54) is 186 Å². The number of aliphatic hydroxyl groups excluding tert-OH is 10. The van der Waals surface area contributed by atoms with Crippen LogP contribution in [0.25, 0.3) is 0 Å². The number of hydrogen-bond donors (Lipinski definition) is 11. The third kappa shape index (κ3) is 40.7. The van der Waals surface area contributed by atoms with Crippen LogP contribution in [0.1, 0.15) is 335 Å². The average molecular weight is 1470 g/mol. The van der Waals surface area contributed by atoms with Crippen molar-refractivity contribution >= 4 is 25.7 Å². The number of unbranched alkanes of at least 4 members (excludes halogenated alkanes) is 43. The molecule has 24 nitrogen and oxygen atoms in total. The van der Waals surface area contributed by atoms with Crippen molar-refractivity contribution in [3.8, 4) is 0 Å². The molecule has 18 atom stereocenters. The lowest BCUT2D eigenvalue weighted by Gasteiger charge is -2.49. The first-order valence-electron chi connectivity index (χ1n) is 40.3. The van der Waals surface area contributed by atoms with Gasteiger partial charge < -0.3 is 89.1 Å². The first-order chi connectivity index (χ1) is 48.8. The summed E-state index contributed by atoms with van der Waals surface area (Å²) in [5, 5.41) is 110. The second-order valence-corrected chi connectivity index (χ2v) is 30.6. The van der Waals surface area contributed by atoms with Crippen molar-refractivity contribution in [1.82, 2.24) is 0 Å². The molecule has 0 aromatic carbocycles. The van der Waals surface area contributed by atoms with E-state index in [0.29, 0.717) is 19.3 Å². The molecule has 0 spiro atoms. The molecule has 101 heavy (non-hydrogen) atoms. The quantitative estimate of drug-likeness (QED) is 0.0117. The van der Waals surface area contributed by atoms with Crippen LogP contribution in [0, 0.1) is 0 Å². The molecule has 18 unspecified atom stereocenters. The summed E-state index contributed by atoms with van der Waals surface area (Å²) in [6, 6.07) is 0. The predicted octanol–water partition coefficient (Wildman–Crippen LogP) is 12.1. The Morgan fingerprint density at radius 3 is 0.970 bits per heavy atom. The number of carbonyl (C=O) groups excluding carboxylic acids is 3. The minimum absolute atomic E-state index is 0.0326. The largest absolute Gasteiger partial charge is 0.472 e. The summed E-state index contributed by atoms with van der Waals surface area (Å²) in [5.74, 6) is -1.97. The molecule has 596 valence electrons. The third-order valence-electron chi connectivity index (χ3n) is 20.1. The van der Waals surface area contributed by atoms with E-state index in [-0.39, 0.29) is 19.3 Å². The lowest BCUT2D eigenvalue weighted by Crippen LogP contribution is -2.69. The Morgan fingerprint density at radius 2 is 0.634 bits per heavy atom. The monoisotopic (exact) mass is 1470 g/mol. The van der Waals surface area contributed by atoms with Gasteiger partial charge in [-0.25, -0.2) is 4.57 Å². The van der Waals surface area contributed by atoms with E-state index in [1.807, 2.05) is 0 Å². The Labute approximate surface area is 606 Å². The van der Waals surface area contributed by atoms with Crippen molar-refractivity contribution in [3.63, 3.8) is 0 Å². The van der Waals surface area contributed by atoms with E-state index in [0.717, 1.165) is 89.9 Å². The molecule has 2 saturated heterocycles. The van der Waals surface area contributed by atoms with E-state index >= 15 is 0 Å². The highest BCUT2D eigenvalue weighted by molar-refractivity contribution is 7.47. The highest BCUT2D eigenvalue weighted by Gasteiger charge is 2.58. The first-order valence-corrected chi connectivity index (χ1v) is 41.8. The lowest BCUT2D eigenvalue weighted by molar-refractivity contribution is -0.360. The standard InChI is InChI=1S/C76H143O24P/c1-4-7-10-13-16-19-22-25-28-31-34-37-40-43-46-49-52-62(80)95-57(54-92-60(78)50-47-44-41-38-35-32-29-26-23-20-17-14-11-8-5-2)55-94-101(90,91)100-74-72(98-75-70(88)65(83)63(81)58(53-77)96-75)68(86)67(85)69(87)73(74)99-76-71(89)66(84)64(82)59(97-76)56-93-61(79)51-48-45-42-39-36-33-30-27-24-21-18-15-12-9-6-3/h57-59,63-77,81-89H,4-56H2,1-3H3,(H,90,91). The van der Waals surface area contributed by atoms with Crippen LogP contribution >= 0.6 is 7.82 Å². The van der Waals surface area contributed by atoms with Crippen molar-refractivity contribution in [2.24, 2.45) is 0 Å². The van der Waals surface area contributed by atoms with Gasteiger partial charge in [0, 0.05) is 19.3 Å². The Bertz CT molecular complexity index is 2080. The average Bonchev–Trinajstić information content (AvgIpc) is 0.762. The van der Waals surface area contributed by atoms with Crippen molar-refractivity contribution in [3.05, 3.63) is 0 Å². The van der Waals surface area contributed by atoms with Gasteiger partial charge in [0.15, 0.2) is 18.7 Å². The molecule has 3 rings (SSSR count). The van der Waals surface area contributed by atoms with Gasteiger partial charge in [0.1, 0.15) is 98.7 Å². The summed E-state index contributed by atoms with van der Waals surface area (Å²) in [6.45, 7) is 3.51. The smallest absolute Gasteiger partial charge is 0.463 e. The maximum atomic E-state index is 14.4. The molecule has 2 heterocycles. The maximum absolute atomic E-state index is 14.4. The van der Waals surface area contributed by atoms with Crippen LogP contribution in [0.2, 0.25) is 0 Å². The number of phosphoric ester groups is 1. The van der Waals surface area contributed by atoms with Crippen LogP contribution in [0.5, 0.6) is 0 Å². The summed E-state index contributed by atoms with van der Waals surface area (Å²) in [4.78, 5) is 51.1. The van der Waals surface area contributed by atoms with Gasteiger partial charge in [-0.3, -0.25) is 23.4 Å². The second kappa shape index (κ2) is 58.0. The summed E-state index contributed by atoms with van der Waals surface area (Å²) in [5.41, 5.74) is 0. The molecule has 0 aromatic rings. The zero-order chi connectivity index (χ0) is 73.9. The molecular formula is C76H143O24P. The minimum Gasteiger partial charge on any atom is -0.463 e. The van der Waals surface area contributed by atoms with Crippen molar-refractivity contribution < 1.29 is 117 Å². The van der Waals surface area contributed by atoms with Gasteiger partial charge >= 0.3 is 25.7 Å². The summed E-state index contributed by atoms with van der Waals surface area (Å²) in [6.07, 6.45) is 17.1. The molecule has 0 aromatic heterocycles. The van der Waals surface area contributed by atoms with Crippen LogP contribution < -0.4 is 0 Å². The van der Waals surface area contributed by atoms with E-state index in [4.69, 9.17) is 42.2 Å². The molecule has 11 N–H and O–H groups in total. The van der Waals surface area contributed by atoms with Crippen molar-refractivity contribution in [1.29, 1.82) is 0 Å². The zero-order valence-electron chi connectivity index (χ0n) is 62.5. The number of ether oxygens (including phenoxy) is 7. The molecule has 1 saturated carbocycles. The molecule has 1 aliphatic carbocycles. The topological polar surface area (TPSA) is 374 Å². The van der Waals surface area contributed by atoms with Crippen LogP contribution in [0.4, 0.5) is 0 Å². The maximum Gasteiger partial charge on any atom is 0.472 e. The van der Waals surface area contributed by atoms with Crippen LogP contribution in [0.15, 0.2) is 0 Å². The Kier molecular flexibility index (Phi) is 53.5. The fraction of sp³-hybridized carbons (Fsp3) is 0.961. The van der Waals surface area contributed by atoms with E-state index in [9.17, 15) is 74.9 Å². The first kappa shape index (κ1) is 93.2. The van der Waals surface area contributed by atoms with Gasteiger partial charge in [0.25, 0.3) is 0 Å². The number of carbonyl (C=O) groups is 3. The van der Waals surface area contributed by atoms with Crippen LogP contribution in [-0.4, -0.2) is 204 Å². The van der Waals surface area contributed by atoms with E-state index in [1.54, 1.807) is 0 Å². The fourth-order valence-corrected chi connectivity index (χ4v) is 14.5. The van der Waals surface area contributed by atoms with Gasteiger partial charge in [-0.2, -0.15) is 0 Å². The zero-order valence-corrected chi connectivity index (χ0v) is 63.4. The highest BCUT2D eigenvalue weighted by atomic mass is 31.2. The number of aliphatic hydroxyl groups is 10. The van der Waals surface area contributed by atoms with Gasteiger partial charge in [0.05, 0.1) is 13.2 Å². The van der Waals surface area contributed by atoms with E-state index in [2.05, 4.69) is 20.8 Å². The molecule has 0 bridgehead atoms. The minimum atomic E-state index is -5.69. The van der Waals surface area contributed by atoms with Gasteiger partial charge in [0.2, 0.25) is 0 Å².